The molecule has 2 fully saturated rings. The van der Waals surface area contributed by atoms with E-state index in [9.17, 15) is 27.9 Å². The summed E-state index contributed by atoms with van der Waals surface area (Å²) in [5.41, 5.74) is -4.11. The average Bonchev–Trinajstić information content (AvgIpc) is 3.42. The van der Waals surface area contributed by atoms with E-state index >= 15 is 0 Å². The number of nitrogens with one attached hydrogen (secondary N) is 1. The minimum atomic E-state index is -4.72. The Hall–Kier alpha value is -2.01. The lowest BCUT2D eigenvalue weighted by Gasteiger charge is -2.44. The summed E-state index contributed by atoms with van der Waals surface area (Å²) in [4.78, 5) is 28.3. The highest BCUT2D eigenvalue weighted by atomic mass is 19.4. The van der Waals surface area contributed by atoms with E-state index in [4.69, 9.17) is 4.74 Å². The van der Waals surface area contributed by atoms with E-state index in [-0.39, 0.29) is 26.0 Å². The molecule has 1 aliphatic heterocycles. The van der Waals surface area contributed by atoms with E-state index < -0.39 is 41.3 Å². The van der Waals surface area contributed by atoms with Gasteiger partial charge in [-0.2, -0.15) is 13.2 Å². The number of rotatable bonds is 6. The van der Waals surface area contributed by atoms with Crippen molar-refractivity contribution in [3.05, 3.63) is 20.8 Å². The van der Waals surface area contributed by atoms with E-state index in [2.05, 4.69) is 5.32 Å². The van der Waals surface area contributed by atoms with Crippen LogP contribution in [-0.2, 0) is 18.3 Å². The fraction of sp³-hybridized carbons (Fsp3) is 0.800. The Balaban J connectivity index is 1.67. The standard InChI is InChI=1S/C20H29F3N4O4/c1-25-15-14(26(12-24-15)9-13-3-4-13)16(28)27(17(25)29)10-18(11-31-2)5-7-19(30,8-6-18)20(21,22)23/h13,24,30H,3-12H2,1-2H3. The molecule has 0 aromatic carbocycles. The Bertz CT molecular complexity index is 959. The molecule has 0 atom stereocenters. The van der Waals surface area contributed by atoms with Crippen molar-refractivity contribution in [1.29, 1.82) is 0 Å². The number of hydrogen-bond acceptors (Lipinski definition) is 6. The fourth-order valence-corrected chi connectivity index (χ4v) is 4.86. The van der Waals surface area contributed by atoms with Gasteiger partial charge in [-0.15, -0.1) is 0 Å². The number of ether oxygens (including phenoxy) is 1. The molecule has 8 nitrogen and oxygen atoms in total. The Kier molecular flexibility index (Phi) is 5.40. The summed E-state index contributed by atoms with van der Waals surface area (Å²) < 4.78 is 47.6. The number of methoxy groups -OCH3 is 1. The summed E-state index contributed by atoms with van der Waals surface area (Å²) >= 11 is 0. The molecule has 0 amide bonds. The number of fused-ring (bicyclic) bond motifs is 1. The molecule has 1 aromatic rings. The van der Waals surface area contributed by atoms with Gasteiger partial charge >= 0.3 is 11.9 Å². The number of hydrogen-bond donors (Lipinski definition) is 2. The molecule has 31 heavy (non-hydrogen) atoms. The second-order valence-electron chi connectivity index (χ2n) is 9.39. The maximum Gasteiger partial charge on any atom is 0.417 e. The van der Waals surface area contributed by atoms with Gasteiger partial charge in [0.25, 0.3) is 5.56 Å². The van der Waals surface area contributed by atoms with Crippen molar-refractivity contribution in [1.82, 2.24) is 9.13 Å². The maximum absolute atomic E-state index is 13.4. The topological polar surface area (TPSA) is 88.7 Å². The van der Waals surface area contributed by atoms with Crippen LogP contribution in [0.2, 0.25) is 0 Å². The molecule has 0 unspecified atom stereocenters. The van der Waals surface area contributed by atoms with Crippen LogP contribution in [0, 0.1) is 11.3 Å². The number of aliphatic hydroxyl groups is 1. The zero-order chi connectivity index (χ0) is 22.6. The van der Waals surface area contributed by atoms with Crippen LogP contribution in [-0.4, -0.2) is 52.9 Å². The molecule has 0 radical (unpaired) electrons. The Labute approximate surface area is 177 Å². The Morgan fingerprint density at radius 2 is 1.84 bits per heavy atom. The first-order valence-electron chi connectivity index (χ1n) is 10.6. The van der Waals surface area contributed by atoms with Crippen molar-refractivity contribution in [2.75, 3.05) is 37.1 Å². The highest BCUT2D eigenvalue weighted by Gasteiger charge is 2.57. The van der Waals surface area contributed by atoms with E-state index in [0.29, 0.717) is 24.1 Å². The largest absolute Gasteiger partial charge is 0.417 e. The molecule has 0 spiro atoms. The summed E-state index contributed by atoms with van der Waals surface area (Å²) in [7, 11) is 3.02. The van der Waals surface area contributed by atoms with Gasteiger partial charge in [0.1, 0.15) is 11.5 Å². The highest BCUT2D eigenvalue weighted by Crippen LogP contribution is 2.48. The predicted molar refractivity (Wildman–Crippen MR) is 108 cm³/mol. The number of halogens is 3. The van der Waals surface area contributed by atoms with Crippen LogP contribution < -0.4 is 21.5 Å². The van der Waals surface area contributed by atoms with Gasteiger partial charge in [-0.3, -0.25) is 13.9 Å². The van der Waals surface area contributed by atoms with Crippen LogP contribution in [0.25, 0.3) is 0 Å². The first kappa shape index (κ1) is 22.2. The molecule has 1 aromatic heterocycles. The molecule has 174 valence electrons. The summed E-state index contributed by atoms with van der Waals surface area (Å²) in [6.07, 6.45) is -3.48. The Morgan fingerprint density at radius 1 is 1.19 bits per heavy atom. The van der Waals surface area contributed by atoms with Crippen LogP contribution in [0.5, 0.6) is 0 Å². The van der Waals surface area contributed by atoms with Crippen LogP contribution in [0.4, 0.5) is 24.7 Å². The first-order valence-corrected chi connectivity index (χ1v) is 10.6. The summed E-state index contributed by atoms with van der Waals surface area (Å²) in [6, 6.07) is 0. The molecule has 0 bridgehead atoms. The van der Waals surface area contributed by atoms with E-state index in [1.54, 1.807) is 7.05 Å². The Morgan fingerprint density at radius 3 is 2.39 bits per heavy atom. The summed E-state index contributed by atoms with van der Waals surface area (Å²) in [5, 5.41) is 13.2. The van der Waals surface area contributed by atoms with Gasteiger partial charge in [-0.05, 0) is 44.4 Å². The third-order valence-electron chi connectivity index (χ3n) is 7.06. The SMILES string of the molecule is COCC1(Cn2c(=O)c3c(n(C)c2=O)NCN3CC2CC2)CCC(O)(C(F)(F)F)CC1. The van der Waals surface area contributed by atoms with E-state index in [0.717, 1.165) is 24.0 Å². The number of aromatic nitrogens is 2. The average molecular weight is 446 g/mol. The van der Waals surface area contributed by atoms with Crippen LogP contribution >= 0.6 is 0 Å². The molecule has 11 heteroatoms. The van der Waals surface area contributed by atoms with Crippen LogP contribution in [0.1, 0.15) is 38.5 Å². The molecular weight excluding hydrogens is 417 g/mol. The zero-order valence-electron chi connectivity index (χ0n) is 17.8. The third kappa shape index (κ3) is 3.86. The van der Waals surface area contributed by atoms with Gasteiger partial charge in [-0.1, -0.05) is 0 Å². The van der Waals surface area contributed by atoms with E-state index in [1.165, 1.54) is 11.7 Å². The molecule has 0 saturated heterocycles. The van der Waals surface area contributed by atoms with Crippen molar-refractivity contribution in [2.24, 2.45) is 18.4 Å². The third-order valence-corrected chi connectivity index (χ3v) is 7.06. The summed E-state index contributed by atoms with van der Waals surface area (Å²) in [5.74, 6) is 1.01. The molecule has 2 N–H and O–H groups in total. The number of alkyl halides is 3. The van der Waals surface area contributed by atoms with Gasteiger partial charge in [0.05, 0.1) is 13.3 Å². The van der Waals surface area contributed by atoms with Crippen LogP contribution in [0.15, 0.2) is 9.59 Å². The lowest BCUT2D eigenvalue weighted by atomic mass is 9.68. The first-order chi connectivity index (χ1) is 14.5. The highest BCUT2D eigenvalue weighted by molar-refractivity contribution is 5.70. The minimum Gasteiger partial charge on any atom is -0.384 e. The number of anilines is 2. The van der Waals surface area contributed by atoms with Crippen molar-refractivity contribution in [3.63, 3.8) is 0 Å². The molecule has 3 aliphatic rings. The normalized spacial score (nSPS) is 28.5. The fourth-order valence-electron chi connectivity index (χ4n) is 4.86. The molecule has 2 saturated carbocycles. The van der Waals surface area contributed by atoms with Crippen molar-refractivity contribution in [2.45, 2.75) is 56.8 Å². The predicted octanol–water partition coefficient (Wildman–Crippen LogP) is 1.65. The van der Waals surface area contributed by atoms with Crippen molar-refractivity contribution >= 4 is 11.5 Å². The monoisotopic (exact) mass is 446 g/mol. The van der Waals surface area contributed by atoms with Gasteiger partial charge in [-0.25, -0.2) is 4.79 Å². The second kappa shape index (κ2) is 7.54. The molecule has 2 aliphatic carbocycles. The second-order valence-corrected chi connectivity index (χ2v) is 9.39. The van der Waals surface area contributed by atoms with Gasteiger partial charge in [0.15, 0.2) is 5.60 Å². The maximum atomic E-state index is 13.4. The molecule has 2 heterocycles. The van der Waals surface area contributed by atoms with Gasteiger partial charge in [0.2, 0.25) is 0 Å². The zero-order valence-corrected chi connectivity index (χ0v) is 17.8. The lowest BCUT2D eigenvalue weighted by Crippen LogP contribution is -2.53. The summed E-state index contributed by atoms with van der Waals surface area (Å²) in [6.45, 7) is 1.22. The smallest absolute Gasteiger partial charge is 0.384 e. The van der Waals surface area contributed by atoms with E-state index in [1.807, 2.05) is 4.90 Å². The quantitative estimate of drug-likeness (QED) is 0.691. The van der Waals surface area contributed by atoms with Crippen molar-refractivity contribution < 1.29 is 23.0 Å². The minimum absolute atomic E-state index is 0.00638. The van der Waals surface area contributed by atoms with Gasteiger partial charge in [0, 0.05) is 32.7 Å². The molecule has 4 rings (SSSR count). The lowest BCUT2D eigenvalue weighted by molar-refractivity contribution is -0.277. The number of nitrogens with zero attached hydrogens (tertiary/aromatic N) is 3. The van der Waals surface area contributed by atoms with Crippen molar-refractivity contribution in [3.8, 4) is 0 Å². The van der Waals surface area contributed by atoms with Gasteiger partial charge < -0.3 is 20.1 Å². The molecular formula is C20H29F3N4O4. The van der Waals surface area contributed by atoms with Crippen LogP contribution in [0.3, 0.4) is 0 Å².